The summed E-state index contributed by atoms with van der Waals surface area (Å²) in [5.74, 6) is 0.131. The molecule has 1 aliphatic rings. The number of ketones is 1. The van der Waals surface area contributed by atoms with E-state index in [1.54, 1.807) is 0 Å². The van der Waals surface area contributed by atoms with Gasteiger partial charge in [0.15, 0.2) is 0 Å². The lowest BCUT2D eigenvalue weighted by molar-refractivity contribution is -0.116. The molecule has 0 spiro atoms. The molecule has 1 N–H and O–H groups in total. The molecule has 80 valence electrons. The number of aromatic hydroxyl groups is 1. The van der Waals surface area contributed by atoms with Crippen molar-refractivity contribution in [3.8, 4) is 5.75 Å². The second-order valence-corrected chi connectivity index (χ2v) is 4.45. The Morgan fingerprint density at radius 3 is 2.93 bits per heavy atom. The minimum absolute atomic E-state index is 0.0410. The number of phenols is 1. The summed E-state index contributed by atoms with van der Waals surface area (Å²) in [5.41, 5.74) is 2.91. The normalized spacial score (nSPS) is 14.0. The lowest BCUT2D eigenvalue weighted by atomic mass is 10.0. The molecule has 0 unspecified atom stereocenters. The number of carbonyl (C=O) groups is 1. The molecule has 0 saturated heterocycles. The Bertz CT molecular complexity index is 424. The number of hydrogen-bond acceptors (Lipinski definition) is 2. The van der Waals surface area contributed by atoms with Crippen LogP contribution in [0.4, 0.5) is 0 Å². The molecule has 1 aliphatic carbocycles. The highest BCUT2D eigenvalue weighted by Crippen LogP contribution is 2.38. The number of Topliss-reactive ketones (excluding diaryl/α,β-unsaturated/α-hetero) is 1. The highest BCUT2D eigenvalue weighted by Gasteiger charge is 2.20. The predicted molar refractivity (Wildman–Crippen MR) is 59.5 cm³/mol. The van der Waals surface area contributed by atoms with Gasteiger partial charge in [-0.15, -0.1) is 0 Å². The number of hydrogen-bond donors (Lipinski definition) is 1. The zero-order valence-electron chi connectivity index (χ0n) is 8.64. The molecule has 3 heteroatoms. The molecular formula is C12H13ClO2. The first-order chi connectivity index (χ1) is 7.09. The topological polar surface area (TPSA) is 37.3 Å². The van der Waals surface area contributed by atoms with Gasteiger partial charge in [0.1, 0.15) is 11.5 Å². The van der Waals surface area contributed by atoms with Crippen molar-refractivity contribution in [2.24, 2.45) is 0 Å². The van der Waals surface area contributed by atoms with Crippen molar-refractivity contribution in [1.82, 2.24) is 0 Å². The maximum atomic E-state index is 11.0. The molecule has 0 saturated carbocycles. The Kier molecular flexibility index (Phi) is 2.70. The zero-order valence-corrected chi connectivity index (χ0v) is 9.40. The van der Waals surface area contributed by atoms with Crippen LogP contribution in [0.25, 0.3) is 0 Å². The van der Waals surface area contributed by atoms with Gasteiger partial charge in [0.05, 0.1) is 5.02 Å². The van der Waals surface area contributed by atoms with E-state index < -0.39 is 0 Å². The first kappa shape index (κ1) is 10.5. The molecule has 0 fully saturated rings. The van der Waals surface area contributed by atoms with Crippen molar-refractivity contribution in [3.63, 3.8) is 0 Å². The quantitative estimate of drug-likeness (QED) is 0.839. The van der Waals surface area contributed by atoms with Crippen LogP contribution in [-0.4, -0.2) is 10.9 Å². The summed E-state index contributed by atoms with van der Waals surface area (Å²) in [4.78, 5) is 11.0. The average molecular weight is 225 g/mol. The van der Waals surface area contributed by atoms with Crippen LogP contribution in [0.2, 0.25) is 5.02 Å². The molecule has 0 bridgehead atoms. The van der Waals surface area contributed by atoms with E-state index in [0.717, 1.165) is 24.8 Å². The van der Waals surface area contributed by atoms with Gasteiger partial charge >= 0.3 is 0 Å². The van der Waals surface area contributed by atoms with Crippen LogP contribution in [0.1, 0.15) is 30.0 Å². The minimum atomic E-state index is 0.0410. The maximum Gasteiger partial charge on any atom is 0.138 e. The second-order valence-electron chi connectivity index (χ2n) is 4.07. The van der Waals surface area contributed by atoms with Crippen LogP contribution in [0, 0.1) is 0 Å². The predicted octanol–water partition coefficient (Wildman–Crippen LogP) is 2.67. The fourth-order valence-corrected chi connectivity index (χ4v) is 2.48. The van der Waals surface area contributed by atoms with Gasteiger partial charge < -0.3 is 5.11 Å². The van der Waals surface area contributed by atoms with Crippen LogP contribution in [0.3, 0.4) is 0 Å². The largest absolute Gasteiger partial charge is 0.506 e. The highest BCUT2D eigenvalue weighted by atomic mass is 35.5. The number of rotatable bonds is 2. The number of aryl methyl sites for hydroxylation is 1. The van der Waals surface area contributed by atoms with E-state index in [0.29, 0.717) is 10.6 Å². The van der Waals surface area contributed by atoms with E-state index in [9.17, 15) is 9.90 Å². The summed E-state index contributed by atoms with van der Waals surface area (Å²) in [6.07, 6.45) is 3.28. The first-order valence-electron chi connectivity index (χ1n) is 5.11. The van der Waals surface area contributed by atoms with Crippen molar-refractivity contribution in [2.75, 3.05) is 0 Å². The third kappa shape index (κ3) is 1.86. The summed E-state index contributed by atoms with van der Waals surface area (Å²) in [6.45, 7) is 1.51. The van der Waals surface area contributed by atoms with Crippen LogP contribution >= 0.6 is 11.6 Å². The molecule has 0 amide bonds. The molecule has 0 aromatic heterocycles. The van der Waals surface area contributed by atoms with Gasteiger partial charge in [0.25, 0.3) is 0 Å². The summed E-state index contributed by atoms with van der Waals surface area (Å²) in [5, 5.41) is 10.3. The maximum absolute atomic E-state index is 11.0. The highest BCUT2D eigenvalue weighted by molar-refractivity contribution is 6.33. The Morgan fingerprint density at radius 1 is 1.53 bits per heavy atom. The molecule has 2 rings (SSSR count). The molecule has 2 nitrogen and oxygen atoms in total. The smallest absolute Gasteiger partial charge is 0.138 e. The number of phenolic OH excluding ortho intramolecular Hbond substituents is 1. The van der Waals surface area contributed by atoms with Crippen LogP contribution in [-0.2, 0) is 24.1 Å². The number of fused-ring (bicyclic) bond motifs is 1. The van der Waals surface area contributed by atoms with Gasteiger partial charge in [-0.3, -0.25) is 4.79 Å². The fourth-order valence-electron chi connectivity index (χ4n) is 2.14. The third-order valence-electron chi connectivity index (χ3n) is 2.83. The van der Waals surface area contributed by atoms with Crippen molar-refractivity contribution in [2.45, 2.75) is 32.6 Å². The minimum Gasteiger partial charge on any atom is -0.506 e. The van der Waals surface area contributed by atoms with Gasteiger partial charge in [-0.2, -0.15) is 0 Å². The van der Waals surface area contributed by atoms with Crippen molar-refractivity contribution < 1.29 is 9.90 Å². The Labute approximate surface area is 93.9 Å². The molecule has 1 aromatic rings. The SMILES string of the molecule is CC(=O)Cc1cc2c(c(Cl)c1O)CCC2. The van der Waals surface area contributed by atoms with Gasteiger partial charge in [-0.25, -0.2) is 0 Å². The van der Waals surface area contributed by atoms with Crippen molar-refractivity contribution in [1.29, 1.82) is 0 Å². The van der Waals surface area contributed by atoms with Crippen LogP contribution in [0.5, 0.6) is 5.75 Å². The van der Waals surface area contributed by atoms with Gasteiger partial charge in [0.2, 0.25) is 0 Å². The van der Waals surface area contributed by atoms with Gasteiger partial charge in [-0.05, 0) is 37.3 Å². The van der Waals surface area contributed by atoms with Crippen molar-refractivity contribution in [3.05, 3.63) is 27.8 Å². The first-order valence-corrected chi connectivity index (χ1v) is 5.49. The van der Waals surface area contributed by atoms with Crippen molar-refractivity contribution >= 4 is 17.4 Å². The van der Waals surface area contributed by atoms with E-state index in [1.807, 2.05) is 6.07 Å². The Balaban J connectivity index is 2.49. The molecule has 0 aliphatic heterocycles. The van der Waals surface area contributed by atoms with Crippen LogP contribution < -0.4 is 0 Å². The Morgan fingerprint density at radius 2 is 2.27 bits per heavy atom. The number of benzene rings is 1. The average Bonchev–Trinajstić information content (AvgIpc) is 2.61. The van der Waals surface area contributed by atoms with E-state index >= 15 is 0 Å². The molecule has 15 heavy (non-hydrogen) atoms. The van der Waals surface area contributed by atoms with Crippen LogP contribution in [0.15, 0.2) is 6.07 Å². The lowest BCUT2D eigenvalue weighted by Gasteiger charge is -2.09. The summed E-state index contributed by atoms with van der Waals surface area (Å²) in [6, 6.07) is 1.92. The zero-order chi connectivity index (χ0) is 11.0. The van der Waals surface area contributed by atoms with Gasteiger partial charge in [0, 0.05) is 12.0 Å². The van der Waals surface area contributed by atoms with E-state index in [4.69, 9.17) is 11.6 Å². The summed E-state index contributed by atoms with van der Waals surface area (Å²) in [7, 11) is 0. The van der Waals surface area contributed by atoms with Gasteiger partial charge in [-0.1, -0.05) is 17.7 Å². The molecule has 0 radical (unpaired) electrons. The molecule has 0 atom stereocenters. The number of carbonyl (C=O) groups excluding carboxylic acids is 1. The monoisotopic (exact) mass is 224 g/mol. The van der Waals surface area contributed by atoms with E-state index in [2.05, 4.69) is 0 Å². The Hall–Kier alpha value is -1.02. The summed E-state index contributed by atoms with van der Waals surface area (Å²) < 4.78 is 0. The van der Waals surface area contributed by atoms with E-state index in [-0.39, 0.29) is 18.0 Å². The third-order valence-corrected chi connectivity index (χ3v) is 3.23. The summed E-state index contributed by atoms with van der Waals surface area (Å²) >= 11 is 6.07. The molecule has 0 heterocycles. The molecular weight excluding hydrogens is 212 g/mol. The fraction of sp³-hybridized carbons (Fsp3) is 0.417. The standard InChI is InChI=1S/C12H13ClO2/c1-7(14)5-9-6-8-3-2-4-10(8)11(13)12(9)15/h6,15H,2-5H2,1H3. The number of halogens is 1. The van der Waals surface area contributed by atoms with E-state index in [1.165, 1.54) is 12.5 Å². The lowest BCUT2D eigenvalue weighted by Crippen LogP contribution is -1.99. The molecule has 1 aromatic carbocycles. The second kappa shape index (κ2) is 3.86.